The summed E-state index contributed by atoms with van der Waals surface area (Å²) in [4.78, 5) is 28.3. The first-order chi connectivity index (χ1) is 18.3. The highest BCUT2D eigenvalue weighted by molar-refractivity contribution is 7.92. The van der Waals surface area contributed by atoms with E-state index in [-0.39, 0.29) is 39.1 Å². The van der Waals surface area contributed by atoms with Gasteiger partial charge in [0.25, 0.3) is 10.0 Å². The Bertz CT molecular complexity index is 1420. The van der Waals surface area contributed by atoms with Crippen LogP contribution < -0.4 is 9.62 Å². The van der Waals surface area contributed by atoms with E-state index in [0.717, 1.165) is 21.0 Å². The third-order valence-corrected chi connectivity index (χ3v) is 8.28. The number of sulfonamides is 1. The van der Waals surface area contributed by atoms with Crippen LogP contribution in [0.25, 0.3) is 0 Å². The number of carbonyl (C=O) groups is 2. The fourth-order valence-electron chi connectivity index (χ4n) is 4.04. The maximum absolute atomic E-state index is 13.9. The Balaban J connectivity index is 2.07. The minimum atomic E-state index is -4.21. The van der Waals surface area contributed by atoms with Crippen LogP contribution in [0, 0.1) is 13.8 Å². The standard InChI is InChI=1S/C29H33Cl2N3O4S/c1-19(2)32-29(36)22(5)33(17-23-8-6-7-21(4)13-23)28(35)18-34(26-15-24(30)14-25(31)16-26)39(37,38)27-11-9-20(3)10-12-27/h6-16,19,22H,17-18H2,1-5H3,(H,32,36). The second kappa shape index (κ2) is 12.9. The lowest BCUT2D eigenvalue weighted by molar-refractivity contribution is -0.139. The van der Waals surface area contributed by atoms with Crippen LogP contribution in [-0.2, 0) is 26.2 Å². The first-order valence-electron chi connectivity index (χ1n) is 12.5. The summed E-state index contributed by atoms with van der Waals surface area (Å²) in [5.41, 5.74) is 2.83. The molecular weight excluding hydrogens is 557 g/mol. The van der Waals surface area contributed by atoms with Crippen LogP contribution in [-0.4, -0.2) is 43.8 Å². The Morgan fingerprint density at radius 1 is 0.872 bits per heavy atom. The highest BCUT2D eigenvalue weighted by atomic mass is 35.5. The van der Waals surface area contributed by atoms with Crippen molar-refractivity contribution in [3.05, 3.63) is 93.5 Å². The highest BCUT2D eigenvalue weighted by Gasteiger charge is 2.33. The molecule has 0 heterocycles. The number of nitrogens with zero attached hydrogens (tertiary/aromatic N) is 2. The molecule has 39 heavy (non-hydrogen) atoms. The molecule has 0 aliphatic heterocycles. The van der Waals surface area contributed by atoms with Crippen molar-refractivity contribution in [1.82, 2.24) is 10.2 Å². The molecule has 10 heteroatoms. The topological polar surface area (TPSA) is 86.8 Å². The molecule has 0 radical (unpaired) electrons. The van der Waals surface area contributed by atoms with E-state index in [9.17, 15) is 18.0 Å². The maximum atomic E-state index is 13.9. The van der Waals surface area contributed by atoms with E-state index in [1.807, 2.05) is 52.0 Å². The van der Waals surface area contributed by atoms with Crippen LogP contribution in [0.5, 0.6) is 0 Å². The summed E-state index contributed by atoms with van der Waals surface area (Å²) in [5, 5.41) is 3.27. The van der Waals surface area contributed by atoms with Gasteiger partial charge in [-0.1, -0.05) is 70.7 Å². The average Bonchev–Trinajstić information content (AvgIpc) is 2.84. The zero-order chi connectivity index (χ0) is 28.9. The van der Waals surface area contributed by atoms with Gasteiger partial charge in [0.15, 0.2) is 0 Å². The normalized spacial score (nSPS) is 12.2. The molecule has 0 saturated heterocycles. The number of anilines is 1. The predicted octanol–water partition coefficient (Wildman–Crippen LogP) is 5.75. The first kappa shape index (κ1) is 30.5. The maximum Gasteiger partial charge on any atom is 0.264 e. The second-order valence-electron chi connectivity index (χ2n) is 9.80. The number of hydrogen-bond acceptors (Lipinski definition) is 4. The Hall–Kier alpha value is -3.07. The lowest BCUT2D eigenvalue weighted by Crippen LogP contribution is -2.52. The predicted molar refractivity (Wildman–Crippen MR) is 157 cm³/mol. The van der Waals surface area contributed by atoms with E-state index in [2.05, 4.69) is 5.32 Å². The van der Waals surface area contributed by atoms with E-state index in [4.69, 9.17) is 23.2 Å². The number of benzene rings is 3. The van der Waals surface area contributed by atoms with Crippen molar-refractivity contribution in [2.75, 3.05) is 10.8 Å². The van der Waals surface area contributed by atoms with Gasteiger partial charge in [0.1, 0.15) is 12.6 Å². The molecule has 1 unspecified atom stereocenters. The molecule has 3 aromatic rings. The smallest absolute Gasteiger partial charge is 0.264 e. The molecule has 0 aliphatic rings. The molecule has 3 rings (SSSR count). The first-order valence-corrected chi connectivity index (χ1v) is 14.7. The summed E-state index contributed by atoms with van der Waals surface area (Å²) in [5.74, 6) is -0.903. The molecule has 0 spiro atoms. The highest BCUT2D eigenvalue weighted by Crippen LogP contribution is 2.30. The van der Waals surface area contributed by atoms with Gasteiger partial charge in [0.2, 0.25) is 11.8 Å². The van der Waals surface area contributed by atoms with Crippen LogP contribution >= 0.6 is 23.2 Å². The van der Waals surface area contributed by atoms with Gasteiger partial charge >= 0.3 is 0 Å². The molecule has 0 bridgehead atoms. The molecule has 0 saturated carbocycles. The quantitative estimate of drug-likeness (QED) is 0.326. The molecule has 7 nitrogen and oxygen atoms in total. The Morgan fingerprint density at radius 3 is 2.05 bits per heavy atom. The van der Waals surface area contributed by atoms with Crippen LogP contribution in [0.1, 0.15) is 37.5 Å². The number of halogens is 2. The lowest BCUT2D eigenvalue weighted by atomic mass is 10.1. The molecule has 208 valence electrons. The average molecular weight is 591 g/mol. The summed E-state index contributed by atoms with van der Waals surface area (Å²) < 4.78 is 28.7. The molecule has 0 aromatic heterocycles. The number of carbonyl (C=O) groups excluding carboxylic acids is 2. The Morgan fingerprint density at radius 2 is 1.49 bits per heavy atom. The van der Waals surface area contributed by atoms with Gasteiger partial charge in [0.05, 0.1) is 10.6 Å². The van der Waals surface area contributed by atoms with E-state index in [1.165, 1.54) is 35.2 Å². The minimum absolute atomic E-state index is 0.00725. The van der Waals surface area contributed by atoms with Gasteiger partial charge in [0, 0.05) is 22.6 Å². The Kier molecular flexibility index (Phi) is 10.0. The van der Waals surface area contributed by atoms with Gasteiger partial charge in [-0.3, -0.25) is 13.9 Å². The monoisotopic (exact) mass is 589 g/mol. The summed E-state index contributed by atoms with van der Waals surface area (Å²) in [7, 11) is -4.21. The molecule has 0 fully saturated rings. The summed E-state index contributed by atoms with van der Waals surface area (Å²) in [6.07, 6.45) is 0. The molecular formula is C29H33Cl2N3O4S. The van der Waals surface area contributed by atoms with E-state index >= 15 is 0 Å². The number of amides is 2. The molecule has 1 N–H and O–H groups in total. The summed E-state index contributed by atoms with van der Waals surface area (Å²) >= 11 is 12.4. The van der Waals surface area contributed by atoms with Crippen LogP contribution in [0.2, 0.25) is 10.0 Å². The van der Waals surface area contributed by atoms with Crippen LogP contribution in [0.15, 0.2) is 71.6 Å². The van der Waals surface area contributed by atoms with Crippen molar-refractivity contribution in [3.8, 4) is 0 Å². The number of hydrogen-bond donors (Lipinski definition) is 1. The zero-order valence-electron chi connectivity index (χ0n) is 22.6. The van der Waals surface area contributed by atoms with Crippen molar-refractivity contribution in [1.29, 1.82) is 0 Å². The van der Waals surface area contributed by atoms with Gasteiger partial charge < -0.3 is 10.2 Å². The number of nitrogens with one attached hydrogen (secondary N) is 1. The number of aryl methyl sites for hydroxylation is 2. The van der Waals surface area contributed by atoms with Gasteiger partial charge in [-0.15, -0.1) is 0 Å². The zero-order valence-corrected chi connectivity index (χ0v) is 24.9. The van der Waals surface area contributed by atoms with Crippen molar-refractivity contribution >= 4 is 50.7 Å². The molecule has 3 aromatic carbocycles. The van der Waals surface area contributed by atoms with E-state index in [0.29, 0.717) is 0 Å². The largest absolute Gasteiger partial charge is 0.352 e. The van der Waals surface area contributed by atoms with Gasteiger partial charge in [-0.05, 0) is 70.5 Å². The molecule has 1 atom stereocenters. The van der Waals surface area contributed by atoms with Crippen molar-refractivity contribution in [2.45, 2.75) is 58.1 Å². The molecule has 2 amide bonds. The summed E-state index contributed by atoms with van der Waals surface area (Å²) in [6.45, 7) is 8.61. The Labute approximate surface area is 240 Å². The molecule has 0 aliphatic carbocycles. The van der Waals surface area contributed by atoms with Crippen LogP contribution in [0.3, 0.4) is 0 Å². The van der Waals surface area contributed by atoms with Crippen LogP contribution in [0.4, 0.5) is 5.69 Å². The van der Waals surface area contributed by atoms with Crippen molar-refractivity contribution < 1.29 is 18.0 Å². The van der Waals surface area contributed by atoms with Crippen molar-refractivity contribution in [2.24, 2.45) is 0 Å². The van der Waals surface area contributed by atoms with E-state index in [1.54, 1.807) is 19.1 Å². The SMILES string of the molecule is Cc1ccc(S(=O)(=O)N(CC(=O)N(Cc2cccc(C)c2)C(C)C(=O)NC(C)C)c2cc(Cl)cc(Cl)c2)cc1. The second-order valence-corrected chi connectivity index (χ2v) is 12.5. The fourth-order valence-corrected chi connectivity index (χ4v) is 5.96. The van der Waals surface area contributed by atoms with Gasteiger partial charge in [-0.25, -0.2) is 8.42 Å². The van der Waals surface area contributed by atoms with Crippen molar-refractivity contribution in [3.63, 3.8) is 0 Å². The fraction of sp³-hybridized carbons (Fsp3) is 0.310. The number of rotatable bonds is 10. The third-order valence-electron chi connectivity index (χ3n) is 6.06. The lowest BCUT2D eigenvalue weighted by Gasteiger charge is -2.32. The summed E-state index contributed by atoms with van der Waals surface area (Å²) in [6, 6.07) is 17.3. The van der Waals surface area contributed by atoms with E-state index < -0.39 is 28.5 Å². The third kappa shape index (κ3) is 7.97. The minimum Gasteiger partial charge on any atom is -0.352 e. The van der Waals surface area contributed by atoms with Gasteiger partial charge in [-0.2, -0.15) is 0 Å².